The highest BCUT2D eigenvalue weighted by Gasteiger charge is 2.14. The van der Waals surface area contributed by atoms with Crippen molar-refractivity contribution < 1.29 is 23.5 Å². The van der Waals surface area contributed by atoms with Crippen molar-refractivity contribution in [3.63, 3.8) is 0 Å². The number of hydrogen-bond donors (Lipinski definition) is 1. The zero-order chi connectivity index (χ0) is 18.5. The van der Waals surface area contributed by atoms with Gasteiger partial charge in [-0.3, -0.25) is 4.79 Å². The minimum atomic E-state index is -0.554. The summed E-state index contributed by atoms with van der Waals surface area (Å²) in [7, 11) is 1.52. The van der Waals surface area contributed by atoms with Crippen LogP contribution in [0.1, 0.15) is 13.3 Å². The van der Waals surface area contributed by atoms with Crippen molar-refractivity contribution in [3.8, 4) is 5.75 Å². The van der Waals surface area contributed by atoms with Crippen molar-refractivity contribution in [3.05, 3.63) is 48.6 Å². The Morgan fingerprint density at radius 2 is 1.96 bits per heavy atom. The van der Waals surface area contributed by atoms with Gasteiger partial charge in [0.1, 0.15) is 16.9 Å². The molecule has 0 aliphatic heterocycles. The van der Waals surface area contributed by atoms with E-state index in [1.807, 2.05) is 37.3 Å². The molecule has 0 fully saturated rings. The zero-order valence-electron chi connectivity index (χ0n) is 14.6. The maximum Gasteiger partial charge on any atom is 0.330 e. The molecule has 0 radical (unpaired) electrons. The van der Waals surface area contributed by atoms with Crippen LogP contribution in [0.2, 0.25) is 0 Å². The fourth-order valence-electron chi connectivity index (χ4n) is 2.60. The Bertz CT molecular complexity index is 986. The largest absolute Gasteiger partial charge is 0.495 e. The molecule has 0 unspecified atom stereocenters. The maximum atomic E-state index is 12.1. The van der Waals surface area contributed by atoms with Crippen molar-refractivity contribution in [2.24, 2.45) is 0 Å². The number of methoxy groups -OCH3 is 1. The molecule has 0 saturated heterocycles. The predicted octanol–water partition coefficient (Wildman–Crippen LogP) is 4.04. The number of esters is 1. The molecule has 1 amide bonds. The third-order valence-corrected chi connectivity index (χ3v) is 3.81. The summed E-state index contributed by atoms with van der Waals surface area (Å²) in [5.41, 5.74) is 1.83. The van der Waals surface area contributed by atoms with E-state index in [1.165, 1.54) is 13.2 Å². The normalized spacial score (nSPS) is 11.2. The van der Waals surface area contributed by atoms with Gasteiger partial charge in [-0.25, -0.2) is 4.79 Å². The summed E-state index contributed by atoms with van der Waals surface area (Å²) in [6, 6.07) is 11.2. The SMILES string of the molecule is CC/C=C/C(=O)OCC(=O)Nc1cc2oc3ccccc3c2cc1OC. The van der Waals surface area contributed by atoms with Crippen LogP contribution in [0, 0.1) is 0 Å². The number of hydrogen-bond acceptors (Lipinski definition) is 5. The van der Waals surface area contributed by atoms with E-state index in [9.17, 15) is 9.59 Å². The quantitative estimate of drug-likeness (QED) is 0.534. The van der Waals surface area contributed by atoms with Crippen molar-refractivity contribution in [1.82, 2.24) is 0 Å². The number of ether oxygens (including phenoxy) is 2. The molecular weight excluding hydrogens is 334 g/mol. The molecule has 26 heavy (non-hydrogen) atoms. The van der Waals surface area contributed by atoms with Crippen LogP contribution in [-0.4, -0.2) is 25.6 Å². The number of carbonyl (C=O) groups excluding carboxylic acids is 2. The van der Waals surface area contributed by atoms with Crippen LogP contribution in [-0.2, 0) is 14.3 Å². The van der Waals surface area contributed by atoms with E-state index >= 15 is 0 Å². The summed E-state index contributed by atoms with van der Waals surface area (Å²) >= 11 is 0. The third-order valence-electron chi connectivity index (χ3n) is 3.81. The highest BCUT2D eigenvalue weighted by atomic mass is 16.5. The Hall–Kier alpha value is -3.28. The van der Waals surface area contributed by atoms with E-state index in [1.54, 1.807) is 12.1 Å². The van der Waals surface area contributed by atoms with Gasteiger partial charge < -0.3 is 19.2 Å². The Morgan fingerprint density at radius 1 is 1.15 bits per heavy atom. The van der Waals surface area contributed by atoms with Crippen LogP contribution >= 0.6 is 0 Å². The molecule has 0 aliphatic carbocycles. The number of fused-ring (bicyclic) bond motifs is 3. The molecule has 1 N–H and O–H groups in total. The number of anilines is 1. The highest BCUT2D eigenvalue weighted by molar-refractivity contribution is 6.07. The third kappa shape index (κ3) is 3.69. The molecular formula is C20H19NO5. The molecule has 1 aromatic heterocycles. The lowest BCUT2D eigenvalue weighted by atomic mass is 10.1. The topological polar surface area (TPSA) is 77.8 Å². The number of rotatable bonds is 6. The molecule has 0 saturated carbocycles. The molecule has 0 atom stereocenters. The van der Waals surface area contributed by atoms with Crippen molar-refractivity contribution >= 4 is 39.5 Å². The van der Waals surface area contributed by atoms with Gasteiger partial charge in [-0.05, 0) is 18.6 Å². The minimum Gasteiger partial charge on any atom is -0.495 e. The number of furan rings is 1. The smallest absolute Gasteiger partial charge is 0.330 e. The summed E-state index contributed by atoms with van der Waals surface area (Å²) in [6.45, 7) is 1.52. The summed E-state index contributed by atoms with van der Waals surface area (Å²) in [6.07, 6.45) is 3.68. The van der Waals surface area contributed by atoms with Crippen LogP contribution in [0.3, 0.4) is 0 Å². The molecule has 2 aromatic carbocycles. The van der Waals surface area contributed by atoms with Gasteiger partial charge in [-0.15, -0.1) is 0 Å². The van der Waals surface area contributed by atoms with Gasteiger partial charge in [0.2, 0.25) is 0 Å². The van der Waals surface area contributed by atoms with Crippen LogP contribution in [0.4, 0.5) is 5.69 Å². The Labute approximate surface area is 150 Å². The van der Waals surface area contributed by atoms with Crippen LogP contribution < -0.4 is 10.1 Å². The van der Waals surface area contributed by atoms with Gasteiger partial charge >= 0.3 is 5.97 Å². The summed E-state index contributed by atoms with van der Waals surface area (Å²) in [5.74, 6) is -0.520. The maximum absolute atomic E-state index is 12.1. The predicted molar refractivity (Wildman–Crippen MR) is 99.3 cm³/mol. The average Bonchev–Trinajstić information content (AvgIpc) is 3.01. The summed E-state index contributed by atoms with van der Waals surface area (Å²) < 4.78 is 16.1. The summed E-state index contributed by atoms with van der Waals surface area (Å²) in [5, 5.41) is 4.55. The van der Waals surface area contributed by atoms with Gasteiger partial charge in [-0.2, -0.15) is 0 Å². The first-order valence-corrected chi connectivity index (χ1v) is 8.24. The first-order valence-electron chi connectivity index (χ1n) is 8.24. The van der Waals surface area contributed by atoms with E-state index in [0.717, 1.165) is 22.8 Å². The van der Waals surface area contributed by atoms with E-state index in [-0.39, 0.29) is 6.61 Å². The van der Waals surface area contributed by atoms with E-state index < -0.39 is 11.9 Å². The highest BCUT2D eigenvalue weighted by Crippen LogP contribution is 2.36. The van der Waals surface area contributed by atoms with Crippen LogP contribution in [0.5, 0.6) is 5.75 Å². The Morgan fingerprint density at radius 3 is 2.73 bits per heavy atom. The first kappa shape index (κ1) is 17.5. The zero-order valence-corrected chi connectivity index (χ0v) is 14.6. The lowest BCUT2D eigenvalue weighted by Gasteiger charge is -2.10. The first-order chi connectivity index (χ1) is 12.6. The van der Waals surface area contributed by atoms with Crippen LogP contribution in [0.25, 0.3) is 21.9 Å². The van der Waals surface area contributed by atoms with E-state index in [2.05, 4.69) is 5.32 Å². The molecule has 3 aromatic rings. The monoisotopic (exact) mass is 353 g/mol. The van der Waals surface area contributed by atoms with Crippen molar-refractivity contribution in [2.45, 2.75) is 13.3 Å². The number of amides is 1. The second-order valence-corrected chi connectivity index (χ2v) is 5.61. The Balaban J connectivity index is 1.80. The second kappa shape index (κ2) is 7.74. The van der Waals surface area contributed by atoms with Crippen LogP contribution in [0.15, 0.2) is 53.0 Å². The minimum absolute atomic E-state index is 0.381. The standard InChI is InChI=1S/C20H19NO5/c1-3-4-9-20(23)25-12-19(22)21-15-11-17-14(10-18(15)24-2)13-7-5-6-8-16(13)26-17/h4-11H,3,12H2,1-2H3,(H,21,22)/b9-4+. The molecule has 0 aliphatic rings. The Kier molecular flexibility index (Phi) is 5.22. The van der Waals surface area contributed by atoms with Gasteiger partial charge in [0.15, 0.2) is 6.61 Å². The summed E-state index contributed by atoms with van der Waals surface area (Å²) in [4.78, 5) is 23.5. The molecule has 6 heteroatoms. The lowest BCUT2D eigenvalue weighted by Crippen LogP contribution is -2.20. The molecule has 0 bridgehead atoms. The van der Waals surface area contributed by atoms with Gasteiger partial charge in [0.25, 0.3) is 5.91 Å². The van der Waals surface area contributed by atoms with Crippen molar-refractivity contribution in [2.75, 3.05) is 19.0 Å². The molecule has 0 spiro atoms. The van der Waals surface area contributed by atoms with Gasteiger partial charge in [0, 0.05) is 22.9 Å². The fraction of sp³-hybridized carbons (Fsp3) is 0.200. The van der Waals surface area contributed by atoms with E-state index in [4.69, 9.17) is 13.9 Å². The fourth-order valence-corrected chi connectivity index (χ4v) is 2.60. The van der Waals surface area contributed by atoms with Gasteiger partial charge in [0.05, 0.1) is 12.8 Å². The molecule has 6 nitrogen and oxygen atoms in total. The number of benzene rings is 2. The van der Waals surface area contributed by atoms with Gasteiger partial charge in [-0.1, -0.05) is 31.2 Å². The molecule has 1 heterocycles. The number of carbonyl (C=O) groups is 2. The van der Waals surface area contributed by atoms with E-state index in [0.29, 0.717) is 17.0 Å². The number of allylic oxidation sites excluding steroid dienone is 1. The van der Waals surface area contributed by atoms with Crippen molar-refractivity contribution in [1.29, 1.82) is 0 Å². The second-order valence-electron chi connectivity index (χ2n) is 5.61. The lowest BCUT2D eigenvalue weighted by molar-refractivity contribution is -0.142. The number of para-hydroxylation sites is 1. The average molecular weight is 353 g/mol. The molecule has 3 rings (SSSR count). The molecule has 134 valence electrons. The number of nitrogens with one attached hydrogen (secondary N) is 1.